The van der Waals surface area contributed by atoms with Gasteiger partial charge in [-0.3, -0.25) is 5.10 Å². The molecule has 0 radical (unpaired) electrons. The molecule has 1 aromatic heterocycles. The van der Waals surface area contributed by atoms with Gasteiger partial charge >= 0.3 is 0 Å². The highest BCUT2D eigenvalue weighted by molar-refractivity contribution is 7.71. The number of aromatic nitrogens is 3. The molecular formula is C17H26N4OS. The Morgan fingerprint density at radius 3 is 2.30 bits per heavy atom. The lowest BCUT2D eigenvalue weighted by atomic mass is 9.49. The predicted molar refractivity (Wildman–Crippen MR) is 90.5 cm³/mol. The van der Waals surface area contributed by atoms with Crippen molar-refractivity contribution in [2.24, 2.45) is 23.2 Å². The standard InChI is InChI=1S/C17H26N4OS/c23-16-19-18-15(21(16)20-1-3-22-4-2-20)11-17-8-12-5-13(9-17)7-14(6-12)10-17/h12-14H,1-11H2,(H,19,23). The topological polar surface area (TPSA) is 46.1 Å². The summed E-state index contributed by atoms with van der Waals surface area (Å²) in [5.41, 5.74) is 0.500. The van der Waals surface area contributed by atoms with Crippen molar-refractivity contribution >= 4 is 12.2 Å². The molecule has 1 N–H and O–H groups in total. The average Bonchev–Trinajstić information content (AvgIpc) is 2.86. The minimum atomic E-state index is 0.500. The lowest BCUT2D eigenvalue weighted by Gasteiger charge is -2.56. The average molecular weight is 334 g/mol. The second-order valence-electron chi connectivity index (χ2n) is 8.42. The summed E-state index contributed by atoms with van der Waals surface area (Å²) in [6.07, 6.45) is 9.84. The van der Waals surface area contributed by atoms with Crippen LogP contribution in [0.4, 0.5) is 0 Å². The van der Waals surface area contributed by atoms with Crippen molar-refractivity contribution in [1.82, 2.24) is 14.9 Å². The van der Waals surface area contributed by atoms with Gasteiger partial charge in [0.25, 0.3) is 0 Å². The van der Waals surface area contributed by atoms with Crippen LogP contribution in [0.2, 0.25) is 0 Å². The van der Waals surface area contributed by atoms with E-state index in [4.69, 9.17) is 17.0 Å². The Morgan fingerprint density at radius 1 is 1.09 bits per heavy atom. The van der Waals surface area contributed by atoms with E-state index < -0.39 is 0 Å². The van der Waals surface area contributed by atoms with Gasteiger partial charge in [0.1, 0.15) is 0 Å². The van der Waals surface area contributed by atoms with Gasteiger partial charge in [-0.2, -0.15) is 5.10 Å². The second kappa shape index (κ2) is 5.31. The Kier molecular flexibility index (Phi) is 3.34. The summed E-state index contributed by atoms with van der Waals surface area (Å²) in [4.78, 5) is 0. The third kappa shape index (κ3) is 2.45. The quantitative estimate of drug-likeness (QED) is 0.863. The number of aromatic amines is 1. The molecule has 126 valence electrons. The third-order valence-corrected chi connectivity index (χ3v) is 6.95. The molecule has 6 heteroatoms. The molecule has 1 aliphatic heterocycles. The van der Waals surface area contributed by atoms with Gasteiger partial charge in [-0.1, -0.05) is 0 Å². The van der Waals surface area contributed by atoms with Crippen molar-refractivity contribution in [1.29, 1.82) is 0 Å². The van der Waals surface area contributed by atoms with Gasteiger partial charge in [-0.05, 0) is 73.9 Å². The van der Waals surface area contributed by atoms with E-state index in [0.29, 0.717) is 5.41 Å². The molecule has 5 fully saturated rings. The normalized spacial score (nSPS) is 39.1. The maximum atomic E-state index is 5.53. The van der Waals surface area contributed by atoms with E-state index in [1.165, 1.54) is 38.5 Å². The monoisotopic (exact) mass is 334 g/mol. The van der Waals surface area contributed by atoms with E-state index in [2.05, 4.69) is 19.9 Å². The zero-order valence-corrected chi connectivity index (χ0v) is 14.5. The van der Waals surface area contributed by atoms with E-state index in [1.807, 2.05) is 0 Å². The summed E-state index contributed by atoms with van der Waals surface area (Å²) in [5.74, 6) is 4.11. The maximum Gasteiger partial charge on any atom is 0.214 e. The second-order valence-corrected chi connectivity index (χ2v) is 8.80. The molecule has 2 heterocycles. The molecule has 5 nitrogen and oxygen atoms in total. The molecule has 5 aliphatic rings. The fourth-order valence-electron chi connectivity index (χ4n) is 6.33. The summed E-state index contributed by atoms with van der Waals surface area (Å²) in [7, 11) is 0. The van der Waals surface area contributed by atoms with E-state index in [9.17, 15) is 0 Å². The minimum Gasteiger partial charge on any atom is -0.378 e. The zero-order valence-electron chi connectivity index (χ0n) is 13.7. The molecule has 4 bridgehead atoms. The Bertz CT molecular complexity index is 610. The van der Waals surface area contributed by atoms with Gasteiger partial charge in [0, 0.05) is 6.42 Å². The van der Waals surface area contributed by atoms with Crippen LogP contribution in [0, 0.1) is 27.9 Å². The van der Waals surface area contributed by atoms with Crippen LogP contribution in [0.1, 0.15) is 44.3 Å². The zero-order chi connectivity index (χ0) is 15.4. The van der Waals surface area contributed by atoms with Crippen LogP contribution >= 0.6 is 12.2 Å². The number of hydrogen-bond donors (Lipinski definition) is 1. The molecule has 0 atom stereocenters. The van der Waals surface area contributed by atoms with Crippen LogP contribution in [0.3, 0.4) is 0 Å². The maximum absolute atomic E-state index is 5.53. The molecule has 4 saturated carbocycles. The fourth-order valence-corrected chi connectivity index (χ4v) is 6.59. The summed E-state index contributed by atoms with van der Waals surface area (Å²) >= 11 is 5.53. The molecule has 0 amide bonds. The Balaban J connectivity index is 1.43. The summed E-state index contributed by atoms with van der Waals surface area (Å²) in [5, 5.41) is 9.99. The molecule has 4 aliphatic carbocycles. The molecule has 0 spiro atoms. The summed E-state index contributed by atoms with van der Waals surface area (Å²) < 4.78 is 8.41. The van der Waals surface area contributed by atoms with Crippen LogP contribution in [-0.2, 0) is 11.2 Å². The number of nitrogens with one attached hydrogen (secondary N) is 1. The van der Waals surface area contributed by atoms with Crippen LogP contribution < -0.4 is 5.01 Å². The van der Waals surface area contributed by atoms with Gasteiger partial charge in [0.05, 0.1) is 26.3 Å². The lowest BCUT2D eigenvalue weighted by Crippen LogP contribution is -2.49. The molecule has 0 aromatic carbocycles. The van der Waals surface area contributed by atoms with E-state index in [0.717, 1.165) is 61.1 Å². The Labute approximate surface area is 142 Å². The molecule has 1 aromatic rings. The van der Waals surface area contributed by atoms with Crippen LogP contribution in [0.25, 0.3) is 0 Å². The van der Waals surface area contributed by atoms with E-state index in [-0.39, 0.29) is 0 Å². The fraction of sp³-hybridized carbons (Fsp3) is 0.882. The first-order valence-corrected chi connectivity index (χ1v) is 9.61. The predicted octanol–water partition coefficient (Wildman–Crippen LogP) is 2.67. The largest absolute Gasteiger partial charge is 0.378 e. The first kappa shape index (κ1) is 14.5. The minimum absolute atomic E-state index is 0.500. The van der Waals surface area contributed by atoms with Crippen LogP contribution in [0.15, 0.2) is 0 Å². The molecule has 6 rings (SSSR count). The van der Waals surface area contributed by atoms with E-state index in [1.54, 1.807) is 0 Å². The molecular weight excluding hydrogens is 308 g/mol. The van der Waals surface area contributed by atoms with Gasteiger partial charge in [0.2, 0.25) is 4.77 Å². The summed E-state index contributed by atoms with van der Waals surface area (Å²) in [6.45, 7) is 3.37. The number of ether oxygens (including phenoxy) is 1. The van der Waals surface area contributed by atoms with Gasteiger partial charge in [-0.15, -0.1) is 0 Å². The summed E-state index contributed by atoms with van der Waals surface area (Å²) in [6, 6.07) is 0. The SMILES string of the molecule is S=c1[nH]nc(CC23CC4CC(CC(C4)C2)C3)n1N1CCOCC1. The lowest BCUT2D eigenvalue weighted by molar-refractivity contribution is -0.0536. The number of nitrogens with zero attached hydrogens (tertiary/aromatic N) is 3. The van der Waals surface area contributed by atoms with Crippen LogP contribution in [0.5, 0.6) is 0 Å². The number of rotatable bonds is 3. The highest BCUT2D eigenvalue weighted by Gasteiger charge is 2.51. The Hall–Kier alpha value is -0.880. The third-order valence-electron chi connectivity index (χ3n) is 6.69. The number of morpholine rings is 1. The van der Waals surface area contributed by atoms with Gasteiger partial charge in [0.15, 0.2) is 5.82 Å². The van der Waals surface area contributed by atoms with Crippen molar-refractivity contribution < 1.29 is 4.74 Å². The number of H-pyrrole nitrogens is 1. The highest BCUT2D eigenvalue weighted by atomic mass is 32.1. The van der Waals surface area contributed by atoms with Crippen molar-refractivity contribution in [3.63, 3.8) is 0 Å². The van der Waals surface area contributed by atoms with Crippen molar-refractivity contribution in [2.75, 3.05) is 31.3 Å². The van der Waals surface area contributed by atoms with Crippen molar-refractivity contribution in [3.8, 4) is 0 Å². The smallest absolute Gasteiger partial charge is 0.214 e. The highest BCUT2D eigenvalue weighted by Crippen LogP contribution is 2.60. The Morgan fingerprint density at radius 2 is 1.70 bits per heavy atom. The van der Waals surface area contributed by atoms with Crippen molar-refractivity contribution in [2.45, 2.75) is 44.9 Å². The van der Waals surface area contributed by atoms with Crippen LogP contribution in [-0.4, -0.2) is 41.2 Å². The first-order valence-electron chi connectivity index (χ1n) is 9.20. The molecule has 0 unspecified atom stereocenters. The van der Waals surface area contributed by atoms with E-state index >= 15 is 0 Å². The number of hydrogen-bond acceptors (Lipinski definition) is 4. The van der Waals surface area contributed by atoms with Crippen molar-refractivity contribution in [3.05, 3.63) is 10.6 Å². The van der Waals surface area contributed by atoms with Gasteiger partial charge in [-0.25, -0.2) is 4.68 Å². The first-order chi connectivity index (χ1) is 11.2. The molecule has 1 saturated heterocycles. The van der Waals surface area contributed by atoms with Gasteiger partial charge < -0.3 is 9.75 Å². The molecule has 23 heavy (non-hydrogen) atoms.